The molecule has 0 atom stereocenters. The molecule has 2 aliphatic carbocycles. The Morgan fingerprint density at radius 2 is 0.750 bits per heavy atom. The van der Waals surface area contributed by atoms with E-state index in [1.54, 1.807) is 0 Å². The lowest BCUT2D eigenvalue weighted by atomic mass is 9.70. The zero-order valence-electron chi connectivity index (χ0n) is 34.6. The second-order valence-electron chi connectivity index (χ2n) is 16.5. The number of rotatable bonds is 6. The highest BCUT2D eigenvalue weighted by molar-refractivity contribution is 5.96. The molecule has 0 bridgehead atoms. The van der Waals surface area contributed by atoms with E-state index >= 15 is 0 Å². The van der Waals surface area contributed by atoms with Crippen molar-refractivity contribution >= 4 is 5.65 Å². The number of aromatic nitrogens is 5. The van der Waals surface area contributed by atoms with E-state index in [1.807, 2.05) is 24.3 Å². The van der Waals surface area contributed by atoms with Crippen molar-refractivity contribution in [2.24, 2.45) is 0 Å². The predicted molar refractivity (Wildman–Crippen MR) is 257 cm³/mol. The van der Waals surface area contributed by atoms with Crippen LogP contribution < -0.4 is 0 Å². The summed E-state index contributed by atoms with van der Waals surface area (Å²) in [5.74, 6) is 1.78. The molecule has 0 saturated heterocycles. The first-order chi connectivity index (χ1) is 31.7. The molecule has 0 aliphatic heterocycles. The molecule has 0 unspecified atom stereocenters. The van der Waals surface area contributed by atoms with Crippen LogP contribution in [0, 0.1) is 0 Å². The highest BCUT2D eigenvalue weighted by atomic mass is 15.0. The van der Waals surface area contributed by atoms with Crippen molar-refractivity contribution in [3.63, 3.8) is 0 Å². The third-order valence-corrected chi connectivity index (χ3v) is 13.1. The Balaban J connectivity index is 1.04. The Labute approximate surface area is 370 Å². The van der Waals surface area contributed by atoms with Gasteiger partial charge in [0.25, 0.3) is 0 Å². The Kier molecular flexibility index (Phi) is 8.06. The fraction of sp³-hybridized carbons (Fsp3) is 0.0169. The van der Waals surface area contributed by atoms with Crippen LogP contribution in [0.2, 0.25) is 0 Å². The van der Waals surface area contributed by atoms with Crippen molar-refractivity contribution in [3.8, 4) is 90.1 Å². The maximum atomic E-state index is 5.43. The Bertz CT molecular complexity index is 3550. The molecule has 298 valence electrons. The van der Waals surface area contributed by atoms with Gasteiger partial charge >= 0.3 is 0 Å². The maximum absolute atomic E-state index is 5.43. The fourth-order valence-corrected chi connectivity index (χ4v) is 10.4. The Morgan fingerprint density at radius 3 is 1.39 bits per heavy atom. The second kappa shape index (κ2) is 14.3. The molecule has 1 spiro atoms. The molecule has 13 rings (SSSR count). The zero-order valence-corrected chi connectivity index (χ0v) is 34.6. The number of pyridine rings is 1. The SMILES string of the molecule is c1ccc(-c2ccc(-c3nc(-c4ccc5c(c4)C4(c6ccccc6-c6ccccc64)c4ccccc4-5)nc(-c4ccccc4-c4nc5ccccn5c4-c4ccccc4)n3)cc2)cc1. The predicted octanol–water partition coefficient (Wildman–Crippen LogP) is 13.9. The van der Waals surface area contributed by atoms with Gasteiger partial charge in [-0.3, -0.25) is 4.40 Å². The van der Waals surface area contributed by atoms with Gasteiger partial charge in [-0.1, -0.05) is 200 Å². The van der Waals surface area contributed by atoms with Crippen LogP contribution in [0.4, 0.5) is 0 Å². The zero-order chi connectivity index (χ0) is 42.2. The second-order valence-corrected chi connectivity index (χ2v) is 16.5. The molecule has 0 N–H and O–H groups in total. The minimum atomic E-state index is -0.495. The summed E-state index contributed by atoms with van der Waals surface area (Å²) >= 11 is 0. The van der Waals surface area contributed by atoms with Gasteiger partial charge in [0, 0.05) is 34.0 Å². The summed E-state index contributed by atoms with van der Waals surface area (Å²) in [5, 5.41) is 0. The topological polar surface area (TPSA) is 56.0 Å². The number of hydrogen-bond acceptors (Lipinski definition) is 4. The summed E-state index contributed by atoms with van der Waals surface area (Å²) in [5.41, 5.74) is 19.4. The highest BCUT2D eigenvalue weighted by Crippen LogP contribution is 2.63. The van der Waals surface area contributed by atoms with E-state index < -0.39 is 5.41 Å². The number of fused-ring (bicyclic) bond motifs is 11. The van der Waals surface area contributed by atoms with Gasteiger partial charge in [-0.15, -0.1) is 0 Å². The van der Waals surface area contributed by atoms with E-state index in [2.05, 4.69) is 205 Å². The van der Waals surface area contributed by atoms with E-state index in [0.717, 1.165) is 56.0 Å². The van der Waals surface area contributed by atoms with Gasteiger partial charge in [-0.05, 0) is 73.8 Å². The standard InChI is InChI=1S/C59H37N5/c1-3-17-38(18-4-1)39-30-32-41(33-31-39)56-61-57(63-58(62-56)48-25-8-7-24-47(48)54-55(40-19-5-2-6-20-40)64-36-16-15-29-53(64)60-54)42-34-35-46-45-23-11-14-28-51(45)59(52(46)37-42)49-26-12-9-21-43(49)44-22-10-13-27-50(44)59/h1-37H. The smallest absolute Gasteiger partial charge is 0.164 e. The molecule has 0 saturated carbocycles. The molecule has 2 aliphatic rings. The van der Waals surface area contributed by atoms with Crippen LogP contribution in [0.25, 0.3) is 95.7 Å². The lowest BCUT2D eigenvalue weighted by Crippen LogP contribution is -2.25. The summed E-state index contributed by atoms with van der Waals surface area (Å²) in [6, 6.07) is 77.5. The first-order valence-corrected chi connectivity index (χ1v) is 21.7. The van der Waals surface area contributed by atoms with Crippen LogP contribution in [0.3, 0.4) is 0 Å². The number of nitrogens with zero attached hydrogens (tertiary/aromatic N) is 5. The molecule has 64 heavy (non-hydrogen) atoms. The lowest BCUT2D eigenvalue weighted by molar-refractivity contribution is 0.794. The largest absolute Gasteiger partial charge is 0.299 e. The number of hydrogen-bond donors (Lipinski definition) is 0. The average molecular weight is 816 g/mol. The summed E-state index contributed by atoms with van der Waals surface area (Å²) in [7, 11) is 0. The van der Waals surface area contributed by atoms with Crippen molar-refractivity contribution in [2.75, 3.05) is 0 Å². The van der Waals surface area contributed by atoms with Crippen LogP contribution in [0.1, 0.15) is 22.3 Å². The molecule has 8 aromatic carbocycles. The van der Waals surface area contributed by atoms with Crippen molar-refractivity contribution in [1.29, 1.82) is 0 Å². The minimum Gasteiger partial charge on any atom is -0.299 e. The van der Waals surface area contributed by atoms with Crippen LogP contribution in [-0.2, 0) is 5.41 Å². The monoisotopic (exact) mass is 815 g/mol. The van der Waals surface area contributed by atoms with E-state index in [9.17, 15) is 0 Å². The molecule has 0 fully saturated rings. The number of benzene rings is 8. The van der Waals surface area contributed by atoms with Gasteiger partial charge in [0.2, 0.25) is 0 Å². The molecular formula is C59H37N5. The van der Waals surface area contributed by atoms with Crippen molar-refractivity contribution in [2.45, 2.75) is 5.41 Å². The molecular weight excluding hydrogens is 779 g/mol. The lowest BCUT2D eigenvalue weighted by Gasteiger charge is -2.30. The van der Waals surface area contributed by atoms with Crippen LogP contribution in [0.5, 0.6) is 0 Å². The van der Waals surface area contributed by atoms with Crippen LogP contribution in [-0.4, -0.2) is 24.3 Å². The molecule has 5 heteroatoms. The summed E-state index contributed by atoms with van der Waals surface area (Å²) in [6.07, 6.45) is 2.08. The highest BCUT2D eigenvalue weighted by Gasteiger charge is 2.51. The van der Waals surface area contributed by atoms with Crippen LogP contribution in [0.15, 0.2) is 225 Å². The average Bonchev–Trinajstić information content (AvgIpc) is 4.01. The summed E-state index contributed by atoms with van der Waals surface area (Å²) in [6.45, 7) is 0. The summed E-state index contributed by atoms with van der Waals surface area (Å²) < 4.78 is 2.16. The Hall–Kier alpha value is -8.54. The molecule has 3 heterocycles. The normalized spacial score (nSPS) is 12.8. The van der Waals surface area contributed by atoms with Gasteiger partial charge in [0.05, 0.1) is 16.8 Å². The molecule has 0 radical (unpaired) electrons. The van der Waals surface area contributed by atoms with Gasteiger partial charge in [0.15, 0.2) is 17.5 Å². The van der Waals surface area contributed by atoms with Crippen LogP contribution >= 0.6 is 0 Å². The molecule has 0 amide bonds. The van der Waals surface area contributed by atoms with Crippen molar-refractivity contribution in [3.05, 3.63) is 247 Å². The molecule has 5 nitrogen and oxygen atoms in total. The van der Waals surface area contributed by atoms with Gasteiger partial charge < -0.3 is 0 Å². The first-order valence-electron chi connectivity index (χ1n) is 21.7. The van der Waals surface area contributed by atoms with Crippen molar-refractivity contribution in [1.82, 2.24) is 24.3 Å². The number of imidazole rings is 1. The third-order valence-electron chi connectivity index (χ3n) is 13.1. The van der Waals surface area contributed by atoms with E-state index in [4.69, 9.17) is 19.9 Å². The molecule has 11 aromatic rings. The van der Waals surface area contributed by atoms with Crippen molar-refractivity contribution < 1.29 is 0 Å². The first kappa shape index (κ1) is 36.1. The fourth-order valence-electron chi connectivity index (χ4n) is 10.4. The van der Waals surface area contributed by atoms with Gasteiger partial charge in [-0.25, -0.2) is 19.9 Å². The molecule has 3 aromatic heterocycles. The van der Waals surface area contributed by atoms with E-state index in [0.29, 0.717) is 17.5 Å². The maximum Gasteiger partial charge on any atom is 0.164 e. The summed E-state index contributed by atoms with van der Waals surface area (Å²) in [4.78, 5) is 21.4. The Morgan fingerprint density at radius 1 is 0.297 bits per heavy atom. The van der Waals surface area contributed by atoms with E-state index in [1.165, 1.54) is 44.5 Å². The quantitative estimate of drug-likeness (QED) is 0.168. The minimum absolute atomic E-state index is 0.495. The van der Waals surface area contributed by atoms with Gasteiger partial charge in [0.1, 0.15) is 5.65 Å². The van der Waals surface area contributed by atoms with Gasteiger partial charge in [-0.2, -0.15) is 0 Å². The third kappa shape index (κ3) is 5.37. The van der Waals surface area contributed by atoms with E-state index in [-0.39, 0.29) is 0 Å².